The average Bonchev–Trinajstić information content (AvgIpc) is 2.25. The lowest BCUT2D eigenvalue weighted by Crippen LogP contribution is -2.38. The predicted molar refractivity (Wildman–Crippen MR) is 88.5 cm³/mol. The van der Waals surface area contributed by atoms with Gasteiger partial charge in [0.1, 0.15) is 9.92 Å². The van der Waals surface area contributed by atoms with Crippen LogP contribution in [0, 0.1) is 5.82 Å². The minimum Gasteiger partial charge on any atom is -0.260 e. The molecule has 120 valence electrons. The van der Waals surface area contributed by atoms with Gasteiger partial charge in [-0.25, -0.2) is 18.7 Å². The molecule has 0 aliphatic heterocycles. The zero-order valence-electron chi connectivity index (χ0n) is 13.9. The summed E-state index contributed by atoms with van der Waals surface area (Å²) in [5, 5.41) is 5.48. The van der Waals surface area contributed by atoms with Crippen molar-refractivity contribution in [2.45, 2.75) is 63.7 Å². The minimum atomic E-state index is -3.32. The molecular formula is C14H26FN3OSSi. The Labute approximate surface area is 128 Å². The smallest absolute Gasteiger partial charge is 0.195 e. The highest BCUT2D eigenvalue weighted by atomic mass is 32.2. The van der Waals surface area contributed by atoms with E-state index in [4.69, 9.17) is 5.14 Å². The second kappa shape index (κ2) is 5.77. The van der Waals surface area contributed by atoms with Gasteiger partial charge in [0, 0.05) is 6.20 Å². The van der Waals surface area contributed by atoms with Crippen molar-refractivity contribution in [3.63, 3.8) is 0 Å². The van der Waals surface area contributed by atoms with Crippen molar-refractivity contribution in [1.29, 1.82) is 0 Å². The minimum absolute atomic E-state index is 0.122. The quantitative estimate of drug-likeness (QED) is 0.849. The Kier molecular flexibility index (Phi) is 5.02. The van der Waals surface area contributed by atoms with Crippen molar-refractivity contribution in [3.05, 3.63) is 23.6 Å². The van der Waals surface area contributed by atoms with Gasteiger partial charge in [0.2, 0.25) is 0 Å². The number of hydrogen-bond donors (Lipinski definition) is 1. The van der Waals surface area contributed by atoms with Gasteiger partial charge in [0.15, 0.2) is 19.1 Å². The standard InChI is InChI=1S/C14H26FN3OSSi/c1-10(2)11-8-12(15)13(17-9-11)20(16,19)18-21(6,7)14(3,4)5/h8-10H,1-7H3,(H2,16,18,19). The molecule has 1 rings (SSSR count). The highest BCUT2D eigenvalue weighted by Crippen LogP contribution is 2.37. The van der Waals surface area contributed by atoms with Crippen LogP contribution in [0.15, 0.2) is 21.3 Å². The third-order valence-corrected chi connectivity index (χ3v) is 11.4. The van der Waals surface area contributed by atoms with Gasteiger partial charge in [-0.1, -0.05) is 34.6 Å². The van der Waals surface area contributed by atoms with E-state index in [1.807, 2.05) is 47.7 Å². The molecule has 0 saturated heterocycles. The second-order valence-corrected chi connectivity index (χ2v) is 14.1. The van der Waals surface area contributed by atoms with E-state index < -0.39 is 24.0 Å². The first-order valence-electron chi connectivity index (χ1n) is 6.99. The maximum atomic E-state index is 14.2. The van der Waals surface area contributed by atoms with Crippen LogP contribution in [-0.2, 0) is 9.92 Å². The fraction of sp³-hybridized carbons (Fsp3) is 0.643. The Hall–Kier alpha value is -0.793. The van der Waals surface area contributed by atoms with E-state index in [2.05, 4.69) is 9.01 Å². The van der Waals surface area contributed by atoms with E-state index in [0.717, 1.165) is 5.56 Å². The van der Waals surface area contributed by atoms with Crippen LogP contribution in [0.1, 0.15) is 46.1 Å². The van der Waals surface area contributed by atoms with Crippen LogP contribution in [0.5, 0.6) is 0 Å². The summed E-state index contributed by atoms with van der Waals surface area (Å²) in [6.45, 7) is 13.9. The van der Waals surface area contributed by atoms with Crippen LogP contribution in [0.3, 0.4) is 0 Å². The molecule has 0 fully saturated rings. The first-order chi connectivity index (χ1) is 9.28. The Bertz CT molecular complexity index is 644. The lowest BCUT2D eigenvalue weighted by molar-refractivity contribution is 0.573. The van der Waals surface area contributed by atoms with Gasteiger partial charge in [-0.3, -0.25) is 4.03 Å². The molecule has 0 aliphatic carbocycles. The summed E-state index contributed by atoms with van der Waals surface area (Å²) in [5.41, 5.74) is 0.749. The fourth-order valence-electron chi connectivity index (χ4n) is 1.49. The number of halogens is 1. The van der Waals surface area contributed by atoms with E-state index in [0.29, 0.717) is 0 Å². The topological polar surface area (TPSA) is 68.3 Å². The van der Waals surface area contributed by atoms with Crippen molar-refractivity contribution in [2.24, 2.45) is 9.17 Å². The monoisotopic (exact) mass is 331 g/mol. The number of rotatable bonds is 3. The molecule has 1 aromatic heterocycles. The Morgan fingerprint density at radius 1 is 1.38 bits per heavy atom. The molecule has 0 saturated carbocycles. The third kappa shape index (κ3) is 4.11. The normalized spacial score (nSPS) is 15.9. The largest absolute Gasteiger partial charge is 0.260 e. The molecule has 0 bridgehead atoms. The summed E-state index contributed by atoms with van der Waals surface area (Å²) in [7, 11) is -5.59. The van der Waals surface area contributed by atoms with Gasteiger partial charge in [0.05, 0.1) is 0 Å². The van der Waals surface area contributed by atoms with Crippen LogP contribution in [0.4, 0.5) is 4.39 Å². The molecule has 1 heterocycles. The van der Waals surface area contributed by atoms with E-state index in [9.17, 15) is 8.60 Å². The van der Waals surface area contributed by atoms with Crippen LogP contribution in [0.2, 0.25) is 18.1 Å². The predicted octanol–water partition coefficient (Wildman–Crippen LogP) is 4.05. The first-order valence-corrected chi connectivity index (χ1v) is 11.5. The van der Waals surface area contributed by atoms with Crippen LogP contribution in [0.25, 0.3) is 0 Å². The molecule has 0 aromatic carbocycles. The Morgan fingerprint density at radius 2 is 1.90 bits per heavy atom. The van der Waals surface area contributed by atoms with Crippen LogP contribution < -0.4 is 5.14 Å². The van der Waals surface area contributed by atoms with E-state index >= 15 is 0 Å². The molecule has 2 N–H and O–H groups in total. The summed E-state index contributed by atoms with van der Waals surface area (Å²) in [6, 6.07) is 1.35. The van der Waals surface area contributed by atoms with Gasteiger partial charge in [-0.15, -0.1) is 0 Å². The Balaban J connectivity index is 3.42. The summed E-state index contributed by atoms with van der Waals surface area (Å²) in [5.74, 6) is -0.497. The maximum Gasteiger partial charge on any atom is 0.195 e. The first kappa shape index (κ1) is 18.3. The molecule has 21 heavy (non-hydrogen) atoms. The number of nitrogens with two attached hydrogens (primary N) is 1. The molecular weight excluding hydrogens is 305 g/mol. The molecule has 0 amide bonds. The number of pyridine rings is 1. The van der Waals surface area contributed by atoms with Crippen molar-refractivity contribution >= 4 is 18.2 Å². The average molecular weight is 332 g/mol. The molecule has 1 aromatic rings. The second-order valence-electron chi connectivity index (χ2n) is 7.18. The third-order valence-electron chi connectivity index (χ3n) is 3.97. The summed E-state index contributed by atoms with van der Waals surface area (Å²) >= 11 is 0. The molecule has 1 atom stereocenters. The summed E-state index contributed by atoms with van der Waals surface area (Å²) in [4.78, 5) is 3.99. The highest BCUT2D eigenvalue weighted by molar-refractivity contribution is 7.92. The number of hydrogen-bond acceptors (Lipinski definition) is 3. The molecule has 0 spiro atoms. The molecule has 7 heteroatoms. The van der Waals surface area contributed by atoms with E-state index in [-0.39, 0.29) is 16.0 Å². The van der Waals surface area contributed by atoms with Gasteiger partial charge in [0.25, 0.3) is 0 Å². The van der Waals surface area contributed by atoms with E-state index in [1.165, 1.54) is 12.3 Å². The van der Waals surface area contributed by atoms with Crippen molar-refractivity contribution in [3.8, 4) is 0 Å². The van der Waals surface area contributed by atoms with Crippen molar-refractivity contribution < 1.29 is 8.60 Å². The molecule has 4 nitrogen and oxygen atoms in total. The zero-order chi connectivity index (χ0) is 16.6. The molecule has 0 aliphatic rings. The van der Waals surface area contributed by atoms with Gasteiger partial charge < -0.3 is 0 Å². The van der Waals surface area contributed by atoms with Crippen molar-refractivity contribution in [2.75, 3.05) is 0 Å². The fourth-order valence-corrected chi connectivity index (χ4v) is 6.19. The van der Waals surface area contributed by atoms with Crippen LogP contribution >= 0.6 is 0 Å². The summed E-state index contributed by atoms with van der Waals surface area (Å²) in [6.07, 6.45) is 1.52. The zero-order valence-corrected chi connectivity index (χ0v) is 15.7. The Morgan fingerprint density at radius 3 is 2.29 bits per heavy atom. The van der Waals surface area contributed by atoms with Gasteiger partial charge in [-0.2, -0.15) is 0 Å². The highest BCUT2D eigenvalue weighted by Gasteiger charge is 2.37. The number of aromatic nitrogens is 1. The van der Waals surface area contributed by atoms with Crippen LogP contribution in [-0.4, -0.2) is 17.4 Å². The number of nitrogens with zero attached hydrogens (tertiary/aromatic N) is 2. The molecule has 0 radical (unpaired) electrons. The van der Waals surface area contributed by atoms with Crippen molar-refractivity contribution in [1.82, 2.24) is 4.98 Å². The van der Waals surface area contributed by atoms with E-state index in [1.54, 1.807) is 0 Å². The van der Waals surface area contributed by atoms with Gasteiger partial charge >= 0.3 is 0 Å². The summed E-state index contributed by atoms with van der Waals surface area (Å²) < 4.78 is 31.3. The maximum absolute atomic E-state index is 14.2. The molecule has 1 unspecified atom stereocenters. The van der Waals surface area contributed by atoms with Gasteiger partial charge in [-0.05, 0) is 35.7 Å². The SMILES string of the molecule is CC(C)c1cnc(S(N)(=O)=N[Si](C)(C)C(C)(C)C)c(F)c1. The lowest BCUT2D eigenvalue weighted by atomic mass is 10.1. The lowest BCUT2D eigenvalue weighted by Gasteiger charge is -2.32.